The molecule has 0 saturated carbocycles. The van der Waals surface area contributed by atoms with Gasteiger partial charge in [0.1, 0.15) is 6.23 Å². The first-order valence-corrected chi connectivity index (χ1v) is 14.3. The van der Waals surface area contributed by atoms with E-state index in [1.54, 1.807) is 0 Å². The Morgan fingerprint density at radius 1 is 1.20 bits per heavy atom. The lowest BCUT2D eigenvalue weighted by atomic mass is 9.77. The molecule has 0 aromatic carbocycles. The van der Waals surface area contributed by atoms with E-state index < -0.39 is 42.2 Å². The first kappa shape index (κ1) is 25.9. The molecule has 2 heterocycles. The molecular weight excluding hydrogens is 459 g/mol. The van der Waals surface area contributed by atoms with E-state index in [2.05, 4.69) is 15.2 Å². The summed E-state index contributed by atoms with van der Waals surface area (Å²) in [5.41, 5.74) is 1.69. The standard InChI is InChI=1S/C16H30NO10P3/c1-11-7-8-12(2)17(9-11)15-16(4,5)13(3)14(25-15)10-24-29(20,21)27-30(22,23)26-28(6,18)19/h9,13-15H,2,7-8,10H2,1,3-6H3,(H,18,19)(H,20,21)(H,22,23). The van der Waals surface area contributed by atoms with Gasteiger partial charge in [-0.2, -0.15) is 4.31 Å². The zero-order valence-corrected chi connectivity index (χ0v) is 20.3. The summed E-state index contributed by atoms with van der Waals surface area (Å²) in [5.74, 6) is -0.128. The van der Waals surface area contributed by atoms with Crippen molar-refractivity contribution in [2.75, 3.05) is 13.3 Å². The van der Waals surface area contributed by atoms with Gasteiger partial charge in [0.15, 0.2) is 0 Å². The molecule has 6 atom stereocenters. The number of nitrogens with zero attached hydrogens (tertiary/aromatic N) is 1. The van der Waals surface area contributed by atoms with E-state index in [0.717, 1.165) is 18.5 Å². The van der Waals surface area contributed by atoms with E-state index >= 15 is 0 Å². The van der Waals surface area contributed by atoms with E-state index in [4.69, 9.17) is 14.2 Å². The molecule has 0 radical (unpaired) electrons. The van der Waals surface area contributed by atoms with E-state index in [1.165, 1.54) is 5.57 Å². The molecule has 3 N–H and O–H groups in total. The van der Waals surface area contributed by atoms with Crippen molar-refractivity contribution in [1.29, 1.82) is 0 Å². The Hall–Kier alpha value is -0.310. The van der Waals surface area contributed by atoms with Crippen molar-refractivity contribution in [3.8, 4) is 0 Å². The average Bonchev–Trinajstić information content (AvgIpc) is 2.75. The van der Waals surface area contributed by atoms with Crippen molar-refractivity contribution in [3.05, 3.63) is 24.0 Å². The maximum Gasteiger partial charge on any atom is 0.488 e. The van der Waals surface area contributed by atoms with E-state index in [1.807, 2.05) is 38.8 Å². The highest BCUT2D eigenvalue weighted by atomic mass is 31.3. The number of ether oxygens (including phenoxy) is 1. The third-order valence-corrected chi connectivity index (χ3v) is 9.48. The van der Waals surface area contributed by atoms with Crippen LogP contribution in [0.4, 0.5) is 0 Å². The Morgan fingerprint density at radius 3 is 2.37 bits per heavy atom. The Kier molecular flexibility index (Phi) is 7.71. The topological polar surface area (TPSA) is 152 Å². The Bertz CT molecular complexity index is 850. The summed E-state index contributed by atoms with van der Waals surface area (Å²) in [4.78, 5) is 30.1. The molecule has 0 aliphatic carbocycles. The summed E-state index contributed by atoms with van der Waals surface area (Å²) in [6.45, 7) is 12.2. The third kappa shape index (κ3) is 6.59. The molecule has 2 rings (SSSR count). The molecule has 0 amide bonds. The van der Waals surface area contributed by atoms with Crippen molar-refractivity contribution < 1.29 is 46.3 Å². The van der Waals surface area contributed by atoms with Gasteiger partial charge in [-0.1, -0.05) is 32.9 Å². The minimum atomic E-state index is -5.31. The summed E-state index contributed by atoms with van der Waals surface area (Å²) in [5, 5.41) is 0. The second-order valence-electron chi connectivity index (χ2n) is 8.29. The van der Waals surface area contributed by atoms with E-state index in [-0.39, 0.29) is 11.3 Å². The SMILES string of the molecule is C=C1CCC(C)=CN1C1OC(COP(=O)(O)OP(=O)(O)OP(C)(=O)O)C(C)C1(C)C. The fourth-order valence-electron chi connectivity index (χ4n) is 3.40. The lowest BCUT2D eigenvalue weighted by Gasteiger charge is -2.40. The molecule has 0 spiro atoms. The summed E-state index contributed by atoms with van der Waals surface area (Å²) in [6, 6.07) is 0. The molecule has 2 aliphatic heterocycles. The van der Waals surface area contributed by atoms with Crippen LogP contribution in [-0.2, 0) is 31.6 Å². The molecule has 2 aliphatic rings. The van der Waals surface area contributed by atoms with Crippen LogP contribution in [0.2, 0.25) is 0 Å². The van der Waals surface area contributed by atoms with Crippen LogP contribution < -0.4 is 0 Å². The number of phosphoric ester groups is 1. The number of hydrogen-bond acceptors (Lipinski definition) is 8. The fraction of sp³-hybridized carbons (Fsp3) is 0.750. The van der Waals surface area contributed by atoms with E-state index in [9.17, 15) is 23.5 Å². The Labute approximate surface area is 176 Å². The average molecular weight is 489 g/mol. The zero-order chi connectivity index (χ0) is 23.1. The maximum absolute atomic E-state index is 12.1. The largest absolute Gasteiger partial charge is 0.488 e. The van der Waals surface area contributed by atoms with Crippen LogP contribution in [0.25, 0.3) is 0 Å². The van der Waals surface area contributed by atoms with Gasteiger partial charge in [0.05, 0.1) is 12.7 Å². The molecule has 174 valence electrons. The molecule has 0 aromatic heterocycles. The molecule has 1 saturated heterocycles. The van der Waals surface area contributed by atoms with E-state index in [0.29, 0.717) is 6.66 Å². The molecule has 1 fully saturated rings. The summed E-state index contributed by atoms with van der Waals surface area (Å²) >= 11 is 0. The molecule has 14 heteroatoms. The molecule has 11 nitrogen and oxygen atoms in total. The summed E-state index contributed by atoms with van der Waals surface area (Å²) in [6.07, 6.45) is 2.66. The van der Waals surface area contributed by atoms with Crippen molar-refractivity contribution in [1.82, 2.24) is 4.90 Å². The van der Waals surface area contributed by atoms with Gasteiger partial charge in [-0.3, -0.25) is 9.09 Å². The van der Waals surface area contributed by atoms with Crippen LogP contribution in [-0.4, -0.2) is 45.2 Å². The lowest BCUT2D eigenvalue weighted by Crippen LogP contribution is -2.42. The van der Waals surface area contributed by atoms with Crippen LogP contribution >= 0.6 is 23.2 Å². The second-order valence-corrected chi connectivity index (χ2v) is 13.3. The van der Waals surface area contributed by atoms with Crippen molar-refractivity contribution in [3.63, 3.8) is 0 Å². The summed E-state index contributed by atoms with van der Waals surface area (Å²) in [7, 11) is -14.8. The number of rotatable bonds is 8. The summed E-state index contributed by atoms with van der Waals surface area (Å²) < 4.78 is 53.8. The fourth-order valence-corrected chi connectivity index (χ4v) is 6.88. The van der Waals surface area contributed by atoms with Crippen LogP contribution in [0.5, 0.6) is 0 Å². The number of phosphoric acid groups is 2. The minimum Gasteiger partial charge on any atom is -0.352 e. The van der Waals surface area contributed by atoms with Gasteiger partial charge in [-0.15, -0.1) is 0 Å². The predicted octanol–water partition coefficient (Wildman–Crippen LogP) is 3.95. The smallest absolute Gasteiger partial charge is 0.352 e. The highest BCUT2D eigenvalue weighted by Crippen LogP contribution is 2.66. The first-order valence-electron chi connectivity index (χ1n) is 9.25. The van der Waals surface area contributed by atoms with Crippen LogP contribution in [0.3, 0.4) is 0 Å². The van der Waals surface area contributed by atoms with Gasteiger partial charge in [0, 0.05) is 24.0 Å². The van der Waals surface area contributed by atoms with Crippen molar-refractivity contribution in [2.45, 2.75) is 52.9 Å². The minimum absolute atomic E-state index is 0.128. The van der Waals surface area contributed by atoms with Gasteiger partial charge in [-0.25, -0.2) is 13.4 Å². The van der Waals surface area contributed by atoms with Gasteiger partial charge >= 0.3 is 23.2 Å². The highest BCUT2D eigenvalue weighted by molar-refractivity contribution is 7.68. The van der Waals surface area contributed by atoms with Gasteiger partial charge in [-0.05, 0) is 25.7 Å². The monoisotopic (exact) mass is 489 g/mol. The normalized spacial score (nSPS) is 32.8. The van der Waals surface area contributed by atoms with Crippen molar-refractivity contribution in [2.24, 2.45) is 11.3 Å². The molecule has 0 aromatic rings. The van der Waals surface area contributed by atoms with Gasteiger partial charge in [0.25, 0.3) is 0 Å². The second kappa shape index (κ2) is 8.91. The van der Waals surface area contributed by atoms with Crippen LogP contribution in [0.15, 0.2) is 24.0 Å². The third-order valence-electron chi connectivity index (χ3n) is 5.32. The molecule has 0 bridgehead atoms. The predicted molar refractivity (Wildman–Crippen MR) is 109 cm³/mol. The quantitative estimate of drug-likeness (QED) is 0.425. The maximum atomic E-state index is 12.1. The lowest BCUT2D eigenvalue weighted by molar-refractivity contribution is -0.0670. The van der Waals surface area contributed by atoms with Crippen LogP contribution in [0.1, 0.15) is 40.5 Å². The molecule has 30 heavy (non-hydrogen) atoms. The molecule has 6 unspecified atom stereocenters. The van der Waals surface area contributed by atoms with Crippen molar-refractivity contribution >= 4 is 23.2 Å². The highest BCUT2D eigenvalue weighted by Gasteiger charge is 2.51. The van der Waals surface area contributed by atoms with Crippen LogP contribution in [0, 0.1) is 11.3 Å². The molecular formula is C16H30NO10P3. The van der Waals surface area contributed by atoms with Gasteiger partial charge < -0.3 is 24.3 Å². The van der Waals surface area contributed by atoms with Gasteiger partial charge in [0.2, 0.25) is 0 Å². The Morgan fingerprint density at radius 2 is 1.80 bits per heavy atom. The first-order chi connectivity index (χ1) is 13.4. The number of hydrogen-bond donors (Lipinski definition) is 3. The Balaban J connectivity index is 2.07. The zero-order valence-electron chi connectivity index (χ0n) is 17.6. The number of allylic oxidation sites excluding steroid dienone is 2.